The maximum absolute atomic E-state index is 11.7. The molecule has 9 heteroatoms. The van der Waals surface area contributed by atoms with Crippen molar-refractivity contribution < 1.29 is 9.59 Å². The first-order valence-corrected chi connectivity index (χ1v) is 8.81. The molecule has 0 radical (unpaired) electrons. The third kappa shape index (κ3) is 5.07. The van der Waals surface area contributed by atoms with Crippen LogP contribution in [0.2, 0.25) is 14.4 Å². The van der Waals surface area contributed by atoms with E-state index in [9.17, 15) is 9.59 Å². The van der Waals surface area contributed by atoms with Crippen molar-refractivity contribution in [3.8, 4) is 0 Å². The minimum atomic E-state index is -0.420. The Balaban J connectivity index is 1.81. The smallest absolute Gasteiger partial charge is 0.272 e. The number of hydrogen-bond donors (Lipinski definition) is 2. The summed E-state index contributed by atoms with van der Waals surface area (Å²) in [5.74, 6) is -0.695. The molecule has 2 amide bonds. The molecule has 0 unspecified atom stereocenters. The van der Waals surface area contributed by atoms with E-state index in [1.807, 2.05) is 0 Å². The Kier molecular flexibility index (Phi) is 6.40. The van der Waals surface area contributed by atoms with Gasteiger partial charge in [0.05, 0.1) is 20.0 Å². The van der Waals surface area contributed by atoms with Crippen LogP contribution in [-0.4, -0.2) is 17.6 Å². The van der Waals surface area contributed by atoms with Crippen molar-refractivity contribution >= 4 is 69.7 Å². The predicted octanol–water partition coefficient (Wildman–Crippen LogP) is 4.26. The Morgan fingerprint density at radius 1 is 1.09 bits per heavy atom. The number of benzene rings is 1. The van der Waals surface area contributed by atoms with Gasteiger partial charge in [0, 0.05) is 9.92 Å². The Bertz CT molecular complexity index is 706. The standard InChI is InChI=1S/C13H9Cl3N2O2S2/c14-7-1-2-8(15)10(5-7)21-6-12(19)17-18-13(20)9-3-4-11(16)22-9/h1-5H,6H2,(H,17,19)(H,18,20). The van der Waals surface area contributed by atoms with E-state index in [2.05, 4.69) is 10.9 Å². The van der Waals surface area contributed by atoms with E-state index in [4.69, 9.17) is 34.8 Å². The number of halogens is 3. The average molecular weight is 396 g/mol. The molecule has 2 rings (SSSR count). The highest BCUT2D eigenvalue weighted by atomic mass is 35.5. The second-order valence-electron chi connectivity index (χ2n) is 3.97. The molecule has 0 bridgehead atoms. The highest BCUT2D eigenvalue weighted by Gasteiger charge is 2.11. The van der Waals surface area contributed by atoms with Gasteiger partial charge in [0.15, 0.2) is 0 Å². The van der Waals surface area contributed by atoms with Crippen molar-refractivity contribution in [2.45, 2.75) is 4.90 Å². The second kappa shape index (κ2) is 8.08. The molecular weight excluding hydrogens is 387 g/mol. The molecule has 0 saturated carbocycles. The number of thioether (sulfide) groups is 1. The summed E-state index contributed by atoms with van der Waals surface area (Å²) in [7, 11) is 0. The van der Waals surface area contributed by atoms with Crippen molar-refractivity contribution in [1.82, 2.24) is 10.9 Å². The first kappa shape index (κ1) is 17.4. The van der Waals surface area contributed by atoms with Gasteiger partial charge in [-0.25, -0.2) is 0 Å². The maximum Gasteiger partial charge on any atom is 0.279 e. The lowest BCUT2D eigenvalue weighted by Crippen LogP contribution is -2.42. The number of hydrazine groups is 1. The van der Waals surface area contributed by atoms with E-state index < -0.39 is 5.91 Å². The van der Waals surface area contributed by atoms with Crippen molar-refractivity contribution in [3.05, 3.63) is 49.6 Å². The van der Waals surface area contributed by atoms with E-state index in [0.29, 0.717) is 24.2 Å². The molecule has 2 N–H and O–H groups in total. The van der Waals surface area contributed by atoms with E-state index in [1.54, 1.807) is 30.3 Å². The van der Waals surface area contributed by atoms with Crippen LogP contribution in [0.5, 0.6) is 0 Å². The fourth-order valence-electron chi connectivity index (χ4n) is 1.39. The first-order chi connectivity index (χ1) is 10.5. The van der Waals surface area contributed by atoms with Crippen molar-refractivity contribution in [2.24, 2.45) is 0 Å². The van der Waals surface area contributed by atoms with Gasteiger partial charge in [0.1, 0.15) is 0 Å². The Labute approximate surface area is 150 Å². The largest absolute Gasteiger partial charge is 0.279 e. The fourth-order valence-corrected chi connectivity index (χ4v) is 3.62. The summed E-state index contributed by atoms with van der Waals surface area (Å²) in [6.45, 7) is 0. The zero-order valence-electron chi connectivity index (χ0n) is 10.9. The highest BCUT2D eigenvalue weighted by Crippen LogP contribution is 2.29. The molecule has 1 aromatic carbocycles. The van der Waals surface area contributed by atoms with Crippen molar-refractivity contribution in [3.63, 3.8) is 0 Å². The molecule has 1 aromatic heterocycles. The van der Waals surface area contributed by atoms with Crippen LogP contribution >= 0.6 is 57.9 Å². The topological polar surface area (TPSA) is 58.2 Å². The van der Waals surface area contributed by atoms with Crippen LogP contribution in [0.1, 0.15) is 9.67 Å². The van der Waals surface area contributed by atoms with E-state index >= 15 is 0 Å². The van der Waals surface area contributed by atoms with Gasteiger partial charge in [-0.1, -0.05) is 34.8 Å². The molecule has 0 atom stereocenters. The second-order valence-corrected chi connectivity index (χ2v) is 7.55. The zero-order chi connectivity index (χ0) is 16.1. The van der Waals surface area contributed by atoms with Crippen LogP contribution in [0.4, 0.5) is 0 Å². The molecule has 22 heavy (non-hydrogen) atoms. The van der Waals surface area contributed by atoms with Crippen LogP contribution in [0.25, 0.3) is 0 Å². The van der Waals surface area contributed by atoms with E-state index in [1.165, 1.54) is 11.8 Å². The molecule has 4 nitrogen and oxygen atoms in total. The third-order valence-corrected chi connectivity index (χ3v) is 5.33. The first-order valence-electron chi connectivity index (χ1n) is 5.88. The number of rotatable bonds is 4. The van der Waals surface area contributed by atoms with Gasteiger partial charge in [-0.05, 0) is 30.3 Å². The van der Waals surface area contributed by atoms with Gasteiger partial charge < -0.3 is 0 Å². The van der Waals surface area contributed by atoms with E-state index in [0.717, 1.165) is 11.3 Å². The summed E-state index contributed by atoms with van der Waals surface area (Å²) in [5, 5.41) is 1.05. The summed E-state index contributed by atoms with van der Waals surface area (Å²) >= 11 is 19.9. The summed E-state index contributed by atoms with van der Waals surface area (Å²) in [6, 6.07) is 8.19. The Hall–Kier alpha value is -0.920. The van der Waals surface area contributed by atoms with Crippen LogP contribution < -0.4 is 10.9 Å². The SMILES string of the molecule is O=C(CSc1cc(Cl)ccc1Cl)NNC(=O)c1ccc(Cl)s1. The van der Waals surface area contributed by atoms with Gasteiger partial charge in [-0.3, -0.25) is 20.4 Å². The van der Waals surface area contributed by atoms with Crippen molar-refractivity contribution in [1.29, 1.82) is 0 Å². The van der Waals surface area contributed by atoms with Crippen LogP contribution in [0.3, 0.4) is 0 Å². The van der Waals surface area contributed by atoms with Gasteiger partial charge in [0.2, 0.25) is 5.91 Å². The molecular formula is C13H9Cl3N2O2S2. The minimum absolute atomic E-state index is 0.0888. The van der Waals surface area contributed by atoms with E-state index in [-0.39, 0.29) is 11.7 Å². The number of thiophene rings is 1. The molecule has 0 aliphatic carbocycles. The molecule has 0 spiro atoms. The Morgan fingerprint density at radius 3 is 2.55 bits per heavy atom. The average Bonchev–Trinajstić information content (AvgIpc) is 2.92. The molecule has 0 fully saturated rings. The zero-order valence-corrected chi connectivity index (χ0v) is 14.8. The summed E-state index contributed by atoms with van der Waals surface area (Å²) in [6.07, 6.45) is 0. The molecule has 0 aliphatic heterocycles. The molecule has 1 heterocycles. The van der Waals surface area contributed by atoms with Crippen LogP contribution in [-0.2, 0) is 4.79 Å². The lowest BCUT2D eigenvalue weighted by molar-refractivity contribution is -0.119. The number of carbonyl (C=O) groups excluding carboxylic acids is 2. The number of nitrogens with one attached hydrogen (secondary N) is 2. The van der Waals surface area contributed by atoms with Crippen molar-refractivity contribution in [2.75, 3.05) is 5.75 Å². The monoisotopic (exact) mass is 394 g/mol. The normalized spacial score (nSPS) is 10.3. The minimum Gasteiger partial charge on any atom is -0.272 e. The molecule has 0 aliphatic rings. The maximum atomic E-state index is 11.7. The quantitative estimate of drug-likeness (QED) is 0.600. The highest BCUT2D eigenvalue weighted by molar-refractivity contribution is 8.00. The third-order valence-electron chi connectivity index (χ3n) is 2.36. The van der Waals surface area contributed by atoms with Crippen LogP contribution in [0, 0.1) is 0 Å². The summed E-state index contributed by atoms with van der Waals surface area (Å²) in [5.41, 5.74) is 4.64. The Morgan fingerprint density at radius 2 is 1.86 bits per heavy atom. The number of carbonyl (C=O) groups is 2. The number of hydrogen-bond acceptors (Lipinski definition) is 4. The van der Waals surface area contributed by atoms with Gasteiger partial charge in [0.25, 0.3) is 5.91 Å². The number of amides is 2. The lowest BCUT2D eigenvalue weighted by atomic mass is 10.4. The lowest BCUT2D eigenvalue weighted by Gasteiger charge is -2.07. The van der Waals surface area contributed by atoms with Gasteiger partial charge >= 0.3 is 0 Å². The molecule has 116 valence electrons. The van der Waals surface area contributed by atoms with Gasteiger partial charge in [-0.2, -0.15) is 0 Å². The van der Waals surface area contributed by atoms with Crippen LogP contribution in [0.15, 0.2) is 35.2 Å². The van der Waals surface area contributed by atoms with Gasteiger partial charge in [-0.15, -0.1) is 23.1 Å². The molecule has 2 aromatic rings. The summed E-state index contributed by atoms with van der Waals surface area (Å²) in [4.78, 5) is 24.5. The molecule has 0 saturated heterocycles. The summed E-state index contributed by atoms with van der Waals surface area (Å²) < 4.78 is 0.502. The fraction of sp³-hybridized carbons (Fsp3) is 0.0769. The predicted molar refractivity (Wildman–Crippen MR) is 92.1 cm³/mol.